The van der Waals surface area contributed by atoms with E-state index in [1.807, 2.05) is 11.0 Å². The Morgan fingerprint density at radius 3 is 3.06 bits per heavy atom. The molecule has 0 unspecified atom stereocenters. The molecule has 1 aliphatic carbocycles. The molecule has 4 nitrogen and oxygen atoms in total. The van der Waals surface area contributed by atoms with Gasteiger partial charge in [0.1, 0.15) is 5.15 Å². The van der Waals surface area contributed by atoms with Crippen molar-refractivity contribution >= 4 is 29.0 Å². The summed E-state index contributed by atoms with van der Waals surface area (Å²) in [5.41, 5.74) is 0.765. The topological polar surface area (TPSA) is 45.2 Å². The van der Waals surface area contributed by atoms with Crippen molar-refractivity contribution in [2.75, 3.05) is 23.3 Å². The molecule has 1 N–H and O–H groups in total. The molecule has 1 aromatic heterocycles. The second kappa shape index (κ2) is 3.63. The molecule has 0 radical (unpaired) electrons. The quantitative estimate of drug-likeness (QED) is 0.800. The number of hydrogen-bond acceptors (Lipinski definition) is 3. The van der Waals surface area contributed by atoms with Crippen LogP contribution < -0.4 is 10.2 Å². The number of fused-ring (bicyclic) bond motifs is 1. The third kappa shape index (κ3) is 1.85. The van der Waals surface area contributed by atoms with Gasteiger partial charge in [-0.05, 0) is 30.9 Å². The van der Waals surface area contributed by atoms with Gasteiger partial charge in [-0.1, -0.05) is 11.6 Å². The summed E-state index contributed by atoms with van der Waals surface area (Å²) in [4.78, 5) is 17.8. The van der Waals surface area contributed by atoms with E-state index in [1.54, 1.807) is 6.07 Å². The van der Waals surface area contributed by atoms with Crippen molar-refractivity contribution < 1.29 is 4.79 Å². The number of nitrogens with zero attached hydrogens (tertiary/aromatic N) is 2. The van der Waals surface area contributed by atoms with Crippen LogP contribution in [0.4, 0.5) is 11.5 Å². The van der Waals surface area contributed by atoms with Gasteiger partial charge in [0, 0.05) is 6.54 Å². The minimum atomic E-state index is 0.0253. The van der Waals surface area contributed by atoms with Crippen LogP contribution >= 0.6 is 11.6 Å². The van der Waals surface area contributed by atoms with Crippen LogP contribution in [0, 0.1) is 5.92 Å². The Balaban J connectivity index is 1.94. The van der Waals surface area contributed by atoms with E-state index in [0.29, 0.717) is 11.7 Å². The molecule has 1 aliphatic heterocycles. The molecule has 5 heteroatoms. The lowest BCUT2D eigenvalue weighted by Gasteiger charge is -2.29. The molecule has 2 heterocycles. The van der Waals surface area contributed by atoms with E-state index in [4.69, 9.17) is 11.6 Å². The lowest BCUT2D eigenvalue weighted by Crippen LogP contribution is -2.40. The lowest BCUT2D eigenvalue weighted by atomic mass is 10.2. The summed E-state index contributed by atoms with van der Waals surface area (Å²) < 4.78 is 0. The minimum absolute atomic E-state index is 0.0253. The maximum atomic E-state index is 11.5. The van der Waals surface area contributed by atoms with Gasteiger partial charge >= 0.3 is 0 Å². The first-order chi connectivity index (χ1) is 7.72. The highest BCUT2D eigenvalue weighted by molar-refractivity contribution is 6.29. The second-order valence-electron chi connectivity index (χ2n) is 4.38. The Hall–Kier alpha value is -1.29. The molecule has 3 rings (SSSR count). The molecule has 0 spiro atoms. The minimum Gasteiger partial charge on any atom is -0.345 e. The van der Waals surface area contributed by atoms with Crippen LogP contribution in [0.3, 0.4) is 0 Å². The van der Waals surface area contributed by atoms with Gasteiger partial charge in [-0.3, -0.25) is 4.79 Å². The van der Waals surface area contributed by atoms with Gasteiger partial charge in [0.15, 0.2) is 5.82 Å². The number of pyridine rings is 1. The normalized spacial score (nSPS) is 19.3. The molecule has 0 bridgehead atoms. The fraction of sp³-hybridized carbons (Fsp3) is 0.455. The number of aromatic nitrogens is 1. The van der Waals surface area contributed by atoms with Crippen LogP contribution in [-0.2, 0) is 4.79 Å². The van der Waals surface area contributed by atoms with Crippen LogP contribution in [0.25, 0.3) is 0 Å². The van der Waals surface area contributed by atoms with Crippen LogP contribution in [0.5, 0.6) is 0 Å². The summed E-state index contributed by atoms with van der Waals surface area (Å²) in [6.45, 7) is 1.30. The van der Waals surface area contributed by atoms with E-state index >= 15 is 0 Å². The first kappa shape index (κ1) is 9.90. The highest BCUT2D eigenvalue weighted by atomic mass is 35.5. The van der Waals surface area contributed by atoms with Crippen molar-refractivity contribution in [3.8, 4) is 0 Å². The number of amides is 1. The summed E-state index contributed by atoms with van der Waals surface area (Å²) in [5.74, 6) is 1.55. The highest BCUT2D eigenvalue weighted by Crippen LogP contribution is 2.34. The Morgan fingerprint density at radius 2 is 2.31 bits per heavy atom. The van der Waals surface area contributed by atoms with Crippen molar-refractivity contribution in [1.29, 1.82) is 0 Å². The smallest absolute Gasteiger partial charge is 0.244 e. The summed E-state index contributed by atoms with van der Waals surface area (Å²) >= 11 is 5.88. The zero-order valence-corrected chi connectivity index (χ0v) is 9.50. The average molecular weight is 238 g/mol. The first-order valence-electron chi connectivity index (χ1n) is 5.44. The molecule has 16 heavy (non-hydrogen) atoms. The van der Waals surface area contributed by atoms with Gasteiger partial charge in [0.25, 0.3) is 0 Å². The van der Waals surface area contributed by atoms with E-state index in [-0.39, 0.29) is 5.91 Å². The second-order valence-corrected chi connectivity index (χ2v) is 4.76. The molecule has 0 atom stereocenters. The Kier molecular flexibility index (Phi) is 2.24. The predicted molar refractivity (Wildman–Crippen MR) is 62.8 cm³/mol. The summed E-state index contributed by atoms with van der Waals surface area (Å²) in [7, 11) is 0. The number of nitrogens with one attached hydrogen (secondary N) is 1. The maximum Gasteiger partial charge on any atom is 0.244 e. The van der Waals surface area contributed by atoms with E-state index in [2.05, 4.69) is 10.3 Å². The Morgan fingerprint density at radius 1 is 1.50 bits per heavy atom. The van der Waals surface area contributed by atoms with Crippen LogP contribution in [0.1, 0.15) is 12.8 Å². The van der Waals surface area contributed by atoms with Gasteiger partial charge in [-0.25, -0.2) is 4.98 Å². The maximum absolute atomic E-state index is 11.5. The standard InChI is InChI=1S/C11H12ClN3O/c12-9-4-3-8-11(14-9)15(5-7-1-2-7)6-10(16)13-8/h3-4,7H,1-2,5-6H2,(H,13,16). The fourth-order valence-corrected chi connectivity index (χ4v) is 2.11. The summed E-state index contributed by atoms with van der Waals surface area (Å²) in [6.07, 6.45) is 2.52. The molecular formula is C11H12ClN3O. The number of hydrogen-bond donors (Lipinski definition) is 1. The number of carbonyl (C=O) groups is 1. The monoisotopic (exact) mass is 237 g/mol. The van der Waals surface area contributed by atoms with Crippen LogP contribution in [0.15, 0.2) is 12.1 Å². The molecule has 1 amide bonds. The Bertz CT molecular complexity index is 445. The zero-order chi connectivity index (χ0) is 11.1. The van der Waals surface area contributed by atoms with Gasteiger partial charge < -0.3 is 10.2 Å². The first-order valence-corrected chi connectivity index (χ1v) is 5.81. The molecule has 0 saturated heterocycles. The van der Waals surface area contributed by atoms with Gasteiger partial charge in [0.2, 0.25) is 5.91 Å². The summed E-state index contributed by atoms with van der Waals surface area (Å²) in [5, 5.41) is 3.28. The molecule has 1 aromatic rings. The molecule has 1 saturated carbocycles. The van der Waals surface area contributed by atoms with Gasteiger partial charge in [-0.2, -0.15) is 0 Å². The number of halogens is 1. The van der Waals surface area contributed by atoms with Gasteiger partial charge in [-0.15, -0.1) is 0 Å². The fourth-order valence-electron chi connectivity index (χ4n) is 1.97. The van der Waals surface area contributed by atoms with Crippen molar-refractivity contribution in [1.82, 2.24) is 4.98 Å². The highest BCUT2D eigenvalue weighted by Gasteiger charge is 2.30. The molecule has 84 valence electrons. The molecule has 1 fully saturated rings. The SMILES string of the molecule is O=C1CN(CC2CC2)c2nc(Cl)ccc2N1. The number of anilines is 2. The Labute approximate surface area is 98.6 Å². The number of rotatable bonds is 2. The van der Waals surface area contributed by atoms with E-state index in [0.717, 1.165) is 24.0 Å². The third-order valence-electron chi connectivity index (χ3n) is 2.92. The number of carbonyl (C=O) groups excluding carboxylic acids is 1. The predicted octanol–water partition coefficient (Wildman–Crippen LogP) is 1.90. The summed E-state index contributed by atoms with van der Waals surface area (Å²) in [6, 6.07) is 3.50. The van der Waals surface area contributed by atoms with Crippen molar-refractivity contribution in [3.05, 3.63) is 17.3 Å². The van der Waals surface area contributed by atoms with Crippen molar-refractivity contribution in [2.24, 2.45) is 5.92 Å². The molecule has 2 aliphatic rings. The third-order valence-corrected chi connectivity index (χ3v) is 3.14. The molecular weight excluding hydrogens is 226 g/mol. The van der Waals surface area contributed by atoms with Crippen LogP contribution in [-0.4, -0.2) is 24.0 Å². The van der Waals surface area contributed by atoms with E-state index in [1.165, 1.54) is 12.8 Å². The lowest BCUT2D eigenvalue weighted by molar-refractivity contribution is -0.115. The average Bonchev–Trinajstić information content (AvgIpc) is 3.03. The van der Waals surface area contributed by atoms with E-state index < -0.39 is 0 Å². The van der Waals surface area contributed by atoms with Crippen molar-refractivity contribution in [3.63, 3.8) is 0 Å². The largest absolute Gasteiger partial charge is 0.345 e. The van der Waals surface area contributed by atoms with Crippen LogP contribution in [0.2, 0.25) is 5.15 Å². The van der Waals surface area contributed by atoms with E-state index in [9.17, 15) is 4.79 Å². The van der Waals surface area contributed by atoms with Gasteiger partial charge in [0.05, 0.1) is 12.2 Å². The van der Waals surface area contributed by atoms with Crippen molar-refractivity contribution in [2.45, 2.75) is 12.8 Å². The molecule has 0 aromatic carbocycles. The zero-order valence-electron chi connectivity index (χ0n) is 8.74.